The summed E-state index contributed by atoms with van der Waals surface area (Å²) < 4.78 is 10.4. The van der Waals surface area contributed by atoms with Crippen LogP contribution in [0.3, 0.4) is 0 Å². The van der Waals surface area contributed by atoms with Gasteiger partial charge in [-0.2, -0.15) is 0 Å². The summed E-state index contributed by atoms with van der Waals surface area (Å²) in [6.45, 7) is 0.150. The van der Waals surface area contributed by atoms with Crippen molar-refractivity contribution in [2.45, 2.75) is 0 Å². The summed E-state index contributed by atoms with van der Waals surface area (Å²) in [5.74, 6) is 0.928. The van der Waals surface area contributed by atoms with E-state index in [4.69, 9.17) is 9.47 Å². The third-order valence-electron chi connectivity index (χ3n) is 3.20. The number of fused-ring (bicyclic) bond motifs is 1. The number of anilines is 1. The molecule has 0 spiro atoms. The summed E-state index contributed by atoms with van der Waals surface area (Å²) in [4.78, 5) is 22.3. The van der Waals surface area contributed by atoms with E-state index in [0.717, 1.165) is 0 Å². The van der Waals surface area contributed by atoms with Crippen molar-refractivity contribution in [2.75, 3.05) is 12.1 Å². The second-order valence-corrected chi connectivity index (χ2v) is 4.72. The molecule has 1 aliphatic heterocycles. The average Bonchev–Trinajstić information content (AvgIpc) is 3.02. The van der Waals surface area contributed by atoms with Crippen molar-refractivity contribution in [3.63, 3.8) is 0 Å². The largest absolute Gasteiger partial charge is 0.454 e. The first-order valence-electron chi connectivity index (χ1n) is 6.75. The first-order valence-corrected chi connectivity index (χ1v) is 6.75. The van der Waals surface area contributed by atoms with Crippen LogP contribution in [0.5, 0.6) is 11.5 Å². The third-order valence-corrected chi connectivity index (χ3v) is 3.20. The number of benzene rings is 2. The van der Waals surface area contributed by atoms with Gasteiger partial charge < -0.3 is 14.8 Å². The van der Waals surface area contributed by atoms with Gasteiger partial charge in [0.25, 0.3) is 5.69 Å². The maximum Gasteiger partial charge on any atom is 0.271 e. The molecule has 7 nitrogen and oxygen atoms in total. The molecule has 0 unspecified atom stereocenters. The third kappa shape index (κ3) is 3.29. The Bertz CT molecular complexity index is 801. The van der Waals surface area contributed by atoms with Crippen LogP contribution in [0.15, 0.2) is 54.7 Å². The Balaban J connectivity index is 1.67. The maximum atomic E-state index is 12.1. The average molecular weight is 312 g/mol. The van der Waals surface area contributed by atoms with Crippen LogP contribution in [-0.4, -0.2) is 17.5 Å². The molecular formula is C16H12N2O5. The number of nitro groups is 1. The van der Waals surface area contributed by atoms with Gasteiger partial charge in [-0.25, -0.2) is 0 Å². The van der Waals surface area contributed by atoms with E-state index in [1.165, 1.54) is 24.4 Å². The van der Waals surface area contributed by atoms with Gasteiger partial charge in [-0.1, -0.05) is 6.07 Å². The molecule has 23 heavy (non-hydrogen) atoms. The van der Waals surface area contributed by atoms with Crippen LogP contribution in [-0.2, 0) is 0 Å². The zero-order valence-corrected chi connectivity index (χ0v) is 11.9. The minimum Gasteiger partial charge on any atom is -0.454 e. The maximum absolute atomic E-state index is 12.1. The normalized spacial score (nSPS) is 12.3. The van der Waals surface area contributed by atoms with Gasteiger partial charge in [0, 0.05) is 35.7 Å². The first kappa shape index (κ1) is 14.6. The number of ether oxygens (including phenoxy) is 2. The Morgan fingerprint density at radius 2 is 2.00 bits per heavy atom. The van der Waals surface area contributed by atoms with Gasteiger partial charge in [0.15, 0.2) is 17.3 Å². The Kier molecular flexibility index (Phi) is 3.92. The number of rotatable bonds is 5. The van der Waals surface area contributed by atoms with Crippen molar-refractivity contribution in [3.8, 4) is 11.5 Å². The van der Waals surface area contributed by atoms with Gasteiger partial charge in [0.2, 0.25) is 6.79 Å². The molecule has 0 aromatic heterocycles. The van der Waals surface area contributed by atoms with Crippen LogP contribution < -0.4 is 14.8 Å². The molecule has 1 aliphatic rings. The van der Waals surface area contributed by atoms with Gasteiger partial charge >= 0.3 is 0 Å². The first-order chi connectivity index (χ1) is 11.1. The highest BCUT2D eigenvalue weighted by molar-refractivity contribution is 6.05. The van der Waals surface area contributed by atoms with Crippen molar-refractivity contribution < 1.29 is 19.2 Å². The van der Waals surface area contributed by atoms with Crippen LogP contribution in [0.2, 0.25) is 0 Å². The summed E-state index contributed by atoms with van der Waals surface area (Å²) in [6.07, 6.45) is 2.78. The SMILES string of the molecule is O=C(C=CNc1cccc([N+](=O)[O-])c1)c1ccc2c(c1)OCO2. The molecule has 0 fully saturated rings. The van der Waals surface area contributed by atoms with Crippen molar-refractivity contribution >= 4 is 17.2 Å². The van der Waals surface area contributed by atoms with E-state index in [2.05, 4.69) is 5.32 Å². The molecule has 0 bridgehead atoms. The van der Waals surface area contributed by atoms with Crippen LogP contribution in [0.1, 0.15) is 10.4 Å². The van der Waals surface area contributed by atoms with Crippen LogP contribution in [0.4, 0.5) is 11.4 Å². The van der Waals surface area contributed by atoms with E-state index in [-0.39, 0.29) is 18.3 Å². The van der Waals surface area contributed by atoms with Gasteiger partial charge in [-0.3, -0.25) is 14.9 Å². The summed E-state index contributed by atoms with van der Waals surface area (Å²) in [7, 11) is 0. The molecule has 3 rings (SSSR count). The topological polar surface area (TPSA) is 90.7 Å². The lowest BCUT2D eigenvalue weighted by atomic mass is 10.1. The molecular weight excluding hydrogens is 300 g/mol. The standard InChI is InChI=1S/C16H12N2O5/c19-14(11-4-5-15-16(8-11)23-10-22-15)6-7-17-12-2-1-3-13(9-12)18(20)21/h1-9,17H,10H2. The fourth-order valence-corrected chi connectivity index (χ4v) is 2.07. The molecule has 2 aromatic rings. The Hall–Kier alpha value is -3.35. The van der Waals surface area contributed by atoms with E-state index >= 15 is 0 Å². The second-order valence-electron chi connectivity index (χ2n) is 4.72. The molecule has 0 atom stereocenters. The van der Waals surface area contributed by atoms with Gasteiger partial charge in [0.1, 0.15) is 0 Å². The fraction of sp³-hybridized carbons (Fsp3) is 0.0625. The van der Waals surface area contributed by atoms with E-state index in [1.807, 2.05) is 0 Å². The molecule has 116 valence electrons. The minimum atomic E-state index is -0.480. The van der Waals surface area contributed by atoms with Crippen LogP contribution >= 0.6 is 0 Å². The molecule has 2 aromatic carbocycles. The Morgan fingerprint density at radius 1 is 1.17 bits per heavy atom. The molecule has 1 N–H and O–H groups in total. The second kappa shape index (κ2) is 6.18. The van der Waals surface area contributed by atoms with Gasteiger partial charge in [-0.15, -0.1) is 0 Å². The van der Waals surface area contributed by atoms with Crippen molar-refractivity contribution in [2.24, 2.45) is 0 Å². The summed E-state index contributed by atoms with van der Waals surface area (Å²) in [5.41, 5.74) is 0.964. The number of hydrogen-bond acceptors (Lipinski definition) is 6. The van der Waals surface area contributed by atoms with E-state index < -0.39 is 4.92 Å². The zero-order valence-electron chi connectivity index (χ0n) is 11.9. The highest BCUT2D eigenvalue weighted by Gasteiger charge is 2.15. The minimum absolute atomic E-state index is 0.0227. The molecule has 0 radical (unpaired) electrons. The van der Waals surface area contributed by atoms with Gasteiger partial charge in [-0.05, 0) is 24.3 Å². The highest BCUT2D eigenvalue weighted by Crippen LogP contribution is 2.32. The molecule has 7 heteroatoms. The number of nitrogens with zero attached hydrogens (tertiary/aromatic N) is 1. The van der Waals surface area contributed by atoms with Crippen molar-refractivity contribution in [1.82, 2.24) is 0 Å². The highest BCUT2D eigenvalue weighted by atomic mass is 16.7. The Labute approximate surface area is 131 Å². The summed E-state index contributed by atoms with van der Waals surface area (Å²) >= 11 is 0. The number of carbonyl (C=O) groups is 1. The zero-order chi connectivity index (χ0) is 16.2. The summed E-state index contributed by atoms with van der Waals surface area (Å²) in [5, 5.41) is 13.5. The number of allylic oxidation sites excluding steroid dienone is 1. The van der Waals surface area contributed by atoms with E-state index in [1.54, 1.807) is 30.3 Å². The van der Waals surface area contributed by atoms with Crippen molar-refractivity contribution in [1.29, 1.82) is 0 Å². The quantitative estimate of drug-likeness (QED) is 0.395. The number of hydrogen-bond donors (Lipinski definition) is 1. The molecule has 0 saturated carbocycles. The predicted octanol–water partition coefficient (Wildman–Crippen LogP) is 3.13. The number of nitrogens with one attached hydrogen (secondary N) is 1. The van der Waals surface area contributed by atoms with E-state index in [0.29, 0.717) is 22.7 Å². The van der Waals surface area contributed by atoms with Crippen molar-refractivity contribution in [3.05, 3.63) is 70.4 Å². The summed E-state index contributed by atoms with van der Waals surface area (Å²) in [6, 6.07) is 11.0. The monoisotopic (exact) mass is 312 g/mol. The number of nitro benzene ring substituents is 1. The molecule has 0 saturated heterocycles. The number of carbonyl (C=O) groups excluding carboxylic acids is 1. The lowest BCUT2D eigenvalue weighted by Gasteiger charge is -2.01. The van der Waals surface area contributed by atoms with Gasteiger partial charge in [0.05, 0.1) is 4.92 Å². The Morgan fingerprint density at radius 3 is 2.83 bits per heavy atom. The van der Waals surface area contributed by atoms with Crippen LogP contribution in [0.25, 0.3) is 0 Å². The molecule has 1 heterocycles. The number of non-ortho nitro benzene ring substituents is 1. The lowest BCUT2D eigenvalue weighted by Crippen LogP contribution is -1.97. The fourth-order valence-electron chi connectivity index (χ4n) is 2.07. The smallest absolute Gasteiger partial charge is 0.271 e. The molecule has 0 amide bonds. The van der Waals surface area contributed by atoms with E-state index in [9.17, 15) is 14.9 Å². The van der Waals surface area contributed by atoms with Crippen LogP contribution in [0, 0.1) is 10.1 Å². The lowest BCUT2D eigenvalue weighted by molar-refractivity contribution is -0.384. The predicted molar refractivity (Wildman–Crippen MR) is 82.8 cm³/mol. The molecule has 0 aliphatic carbocycles. The number of ketones is 1.